The first-order valence-corrected chi connectivity index (χ1v) is 15.0. The average molecular weight is 611 g/mol. The third-order valence-corrected chi connectivity index (χ3v) is 9.24. The molecule has 5 rings (SSSR count). The summed E-state index contributed by atoms with van der Waals surface area (Å²) in [6, 6.07) is 6.74. The number of aromatic nitrogens is 1. The molecule has 230 valence electrons. The van der Waals surface area contributed by atoms with E-state index in [1.165, 1.54) is 25.6 Å². The molecule has 0 aliphatic carbocycles. The first-order chi connectivity index (χ1) is 20.6. The van der Waals surface area contributed by atoms with E-state index in [4.69, 9.17) is 14.2 Å². The Kier molecular flexibility index (Phi) is 8.86. The number of hydrogen-bond acceptors (Lipinski definition) is 11. The molecule has 0 bridgehead atoms. The van der Waals surface area contributed by atoms with Crippen molar-refractivity contribution in [2.45, 2.75) is 44.3 Å². The van der Waals surface area contributed by atoms with Crippen LogP contribution in [-0.2, 0) is 29.2 Å². The number of fused-ring (bicyclic) bond motifs is 1. The highest BCUT2D eigenvalue weighted by Gasteiger charge is 2.47. The Hall–Kier alpha value is -3.81. The summed E-state index contributed by atoms with van der Waals surface area (Å²) in [7, 11) is 4.40. The molecule has 1 N–H and O–H groups in total. The van der Waals surface area contributed by atoms with Gasteiger partial charge in [-0.1, -0.05) is 12.1 Å². The number of anilines is 1. The summed E-state index contributed by atoms with van der Waals surface area (Å²) in [4.78, 5) is 53.8. The van der Waals surface area contributed by atoms with Gasteiger partial charge in [-0.05, 0) is 38.5 Å². The van der Waals surface area contributed by atoms with Crippen LogP contribution in [0.15, 0.2) is 52.1 Å². The Morgan fingerprint density at radius 2 is 1.86 bits per heavy atom. The van der Waals surface area contributed by atoms with E-state index in [-0.39, 0.29) is 24.1 Å². The molecule has 12 nitrogen and oxygen atoms in total. The number of ether oxygens (including phenoxy) is 3. The van der Waals surface area contributed by atoms with Gasteiger partial charge in [0.2, 0.25) is 0 Å². The lowest BCUT2D eigenvalue weighted by Crippen LogP contribution is -2.61. The number of urea groups is 1. The second-order valence-electron chi connectivity index (χ2n) is 11.3. The first-order valence-electron chi connectivity index (χ1n) is 14.2. The number of thiazole rings is 1. The van der Waals surface area contributed by atoms with Gasteiger partial charge in [0.05, 0.1) is 49.9 Å². The molecule has 1 aromatic heterocycles. The lowest BCUT2D eigenvalue weighted by molar-refractivity contribution is -0.146. The van der Waals surface area contributed by atoms with Gasteiger partial charge in [0.1, 0.15) is 0 Å². The number of hydrogen-bond donors (Lipinski definition) is 1. The summed E-state index contributed by atoms with van der Waals surface area (Å²) in [5.41, 5.74) is 1.94. The van der Waals surface area contributed by atoms with Crippen LogP contribution in [0.4, 0.5) is 10.5 Å². The van der Waals surface area contributed by atoms with Crippen LogP contribution in [0.25, 0.3) is 0 Å². The van der Waals surface area contributed by atoms with Crippen LogP contribution in [0, 0.1) is 0 Å². The molecule has 1 aromatic carbocycles. The van der Waals surface area contributed by atoms with Gasteiger partial charge < -0.3 is 24.4 Å². The van der Waals surface area contributed by atoms with Gasteiger partial charge in [-0.25, -0.2) is 14.6 Å². The van der Waals surface area contributed by atoms with Gasteiger partial charge in [0, 0.05) is 56.3 Å². The third-order valence-electron chi connectivity index (χ3n) is 8.46. The molecule has 0 saturated carbocycles. The van der Waals surface area contributed by atoms with E-state index in [0.717, 1.165) is 16.3 Å². The summed E-state index contributed by atoms with van der Waals surface area (Å²) < 4.78 is 15.8. The van der Waals surface area contributed by atoms with Crippen molar-refractivity contribution in [1.82, 2.24) is 20.1 Å². The van der Waals surface area contributed by atoms with Crippen LogP contribution in [0.5, 0.6) is 0 Å². The first kappa shape index (κ1) is 30.6. The number of nitrogens with one attached hydrogen (secondary N) is 1. The Bertz CT molecular complexity index is 1420. The Balaban J connectivity index is 1.38. The normalized spacial score (nSPS) is 22.7. The van der Waals surface area contributed by atoms with Crippen LogP contribution in [-0.4, -0.2) is 111 Å². The highest BCUT2D eigenvalue weighted by atomic mass is 32.1. The molecule has 43 heavy (non-hydrogen) atoms. The van der Waals surface area contributed by atoms with E-state index < -0.39 is 17.4 Å². The van der Waals surface area contributed by atoms with E-state index in [1.54, 1.807) is 18.2 Å². The van der Waals surface area contributed by atoms with Crippen molar-refractivity contribution in [2.24, 2.45) is 4.99 Å². The van der Waals surface area contributed by atoms with Gasteiger partial charge >= 0.3 is 18.0 Å². The maximum atomic E-state index is 13.6. The number of amidine groups is 1. The lowest BCUT2D eigenvalue weighted by Gasteiger charge is -2.44. The Morgan fingerprint density at radius 1 is 1.12 bits per heavy atom. The predicted molar refractivity (Wildman–Crippen MR) is 162 cm³/mol. The minimum absolute atomic E-state index is 0.0669. The standard InChI is InChI=1S/C30H38N6O6S/c1-18-24(27(37)41-5)21(33-25(32-18)26-31-11-14-43-26)15-34-12-13-35-22(23(34)17-40-4)16-36(29(35)39)20-9-7-19(8-10-20)30(2,3)28(38)42-6/h7-11,14,18,22-23H,12-13,15-17H2,1-6H3,(H,32,33)/t18-,22+,23+/m0/s1. The summed E-state index contributed by atoms with van der Waals surface area (Å²) >= 11 is 1.47. The smallest absolute Gasteiger partial charge is 0.337 e. The lowest BCUT2D eigenvalue weighted by atomic mass is 9.84. The van der Waals surface area contributed by atoms with Gasteiger partial charge in [0.15, 0.2) is 10.8 Å². The topological polar surface area (TPSA) is 126 Å². The number of amides is 2. The molecule has 2 aromatic rings. The number of methoxy groups -OCH3 is 3. The minimum atomic E-state index is -0.809. The zero-order valence-electron chi connectivity index (χ0n) is 25.3. The van der Waals surface area contributed by atoms with Crippen molar-refractivity contribution >= 4 is 40.8 Å². The molecule has 3 atom stereocenters. The van der Waals surface area contributed by atoms with E-state index in [9.17, 15) is 14.4 Å². The fourth-order valence-corrected chi connectivity index (χ4v) is 6.65. The van der Waals surface area contributed by atoms with E-state index in [1.807, 2.05) is 55.3 Å². The molecule has 3 aliphatic rings. The number of piperazine rings is 1. The minimum Gasteiger partial charge on any atom is -0.468 e. The van der Waals surface area contributed by atoms with Crippen LogP contribution < -0.4 is 10.2 Å². The third kappa shape index (κ3) is 5.76. The fourth-order valence-electron chi connectivity index (χ4n) is 6.06. The molecular weight excluding hydrogens is 572 g/mol. The predicted octanol–water partition coefficient (Wildman–Crippen LogP) is 2.40. The van der Waals surface area contributed by atoms with Crippen molar-refractivity contribution in [3.63, 3.8) is 0 Å². The molecule has 2 saturated heterocycles. The van der Waals surface area contributed by atoms with Crippen molar-refractivity contribution in [1.29, 1.82) is 0 Å². The van der Waals surface area contributed by atoms with Crippen molar-refractivity contribution < 1.29 is 28.6 Å². The molecule has 0 unspecified atom stereocenters. The largest absolute Gasteiger partial charge is 0.468 e. The number of carbonyl (C=O) groups excluding carboxylic acids is 3. The van der Waals surface area contributed by atoms with E-state index in [0.29, 0.717) is 49.9 Å². The SMILES string of the molecule is COC[C@@H]1[C@H]2CN(c3ccc(C(C)(C)C(=O)OC)cc3)C(=O)N2CCN1CC1=C(C(=O)OC)[C@H](C)N=C(c2nccs2)N1. The van der Waals surface area contributed by atoms with E-state index in [2.05, 4.69) is 20.2 Å². The number of nitrogens with zero attached hydrogens (tertiary/aromatic N) is 5. The molecule has 2 amide bonds. The van der Waals surface area contributed by atoms with Crippen LogP contribution >= 0.6 is 11.3 Å². The number of rotatable bonds is 9. The second kappa shape index (κ2) is 12.4. The molecule has 0 radical (unpaired) electrons. The number of carbonyl (C=O) groups is 3. The summed E-state index contributed by atoms with van der Waals surface area (Å²) in [6.07, 6.45) is 1.72. The van der Waals surface area contributed by atoms with Gasteiger partial charge in [-0.3, -0.25) is 19.6 Å². The quantitative estimate of drug-likeness (QED) is 0.426. The maximum absolute atomic E-state index is 13.6. The number of esters is 2. The van der Waals surface area contributed by atoms with E-state index >= 15 is 0 Å². The summed E-state index contributed by atoms with van der Waals surface area (Å²) in [6.45, 7) is 7.91. The molecule has 4 heterocycles. The van der Waals surface area contributed by atoms with Crippen LogP contribution in [0.3, 0.4) is 0 Å². The highest BCUT2D eigenvalue weighted by Crippen LogP contribution is 2.33. The van der Waals surface area contributed by atoms with Gasteiger partial charge in [-0.15, -0.1) is 11.3 Å². The second-order valence-corrected chi connectivity index (χ2v) is 12.2. The van der Waals surface area contributed by atoms with Gasteiger partial charge in [-0.2, -0.15) is 0 Å². The van der Waals surface area contributed by atoms with Crippen LogP contribution in [0.2, 0.25) is 0 Å². The zero-order chi connectivity index (χ0) is 30.9. The number of aliphatic imine (C=N–C) groups is 1. The number of benzene rings is 1. The van der Waals surface area contributed by atoms with Crippen molar-refractivity contribution in [2.75, 3.05) is 59.0 Å². The zero-order valence-corrected chi connectivity index (χ0v) is 26.1. The fraction of sp³-hybridized carbons (Fsp3) is 0.500. The van der Waals surface area contributed by atoms with Crippen molar-refractivity contribution in [3.05, 3.63) is 57.7 Å². The molecule has 13 heteroatoms. The molecule has 3 aliphatic heterocycles. The molecular formula is C30H38N6O6S. The molecule has 2 fully saturated rings. The Labute approximate surface area is 255 Å². The van der Waals surface area contributed by atoms with Gasteiger partial charge in [0.25, 0.3) is 0 Å². The monoisotopic (exact) mass is 610 g/mol. The Morgan fingerprint density at radius 3 is 2.49 bits per heavy atom. The van der Waals surface area contributed by atoms with Crippen LogP contribution in [0.1, 0.15) is 31.3 Å². The van der Waals surface area contributed by atoms with Crippen molar-refractivity contribution in [3.8, 4) is 0 Å². The highest BCUT2D eigenvalue weighted by molar-refractivity contribution is 7.11. The molecule has 0 spiro atoms. The average Bonchev–Trinajstić information content (AvgIpc) is 3.66. The maximum Gasteiger partial charge on any atom is 0.337 e. The summed E-state index contributed by atoms with van der Waals surface area (Å²) in [5, 5.41) is 5.99. The summed E-state index contributed by atoms with van der Waals surface area (Å²) in [5.74, 6) is -0.137.